The third-order valence-corrected chi connectivity index (χ3v) is 4.72. The van der Waals surface area contributed by atoms with Crippen molar-refractivity contribution in [1.82, 2.24) is 20.2 Å². The minimum atomic E-state index is 0.181. The molecule has 0 bridgehead atoms. The van der Waals surface area contributed by atoms with E-state index >= 15 is 0 Å². The van der Waals surface area contributed by atoms with Gasteiger partial charge in [-0.2, -0.15) is 4.98 Å². The molecule has 0 fully saturated rings. The molecule has 2 aromatic heterocycles. The molecule has 0 spiro atoms. The second-order valence-electron chi connectivity index (χ2n) is 5.56. The van der Waals surface area contributed by atoms with Crippen LogP contribution in [0.3, 0.4) is 0 Å². The fourth-order valence-electron chi connectivity index (χ4n) is 2.71. The maximum Gasteiger partial charge on any atom is 0.353 e. The number of halogens is 1. The van der Waals surface area contributed by atoms with Crippen LogP contribution in [0.25, 0.3) is 22.1 Å². The molecule has 4 rings (SSSR count). The Morgan fingerprint density at radius 3 is 2.81 bits per heavy atom. The molecule has 0 aliphatic carbocycles. The summed E-state index contributed by atoms with van der Waals surface area (Å²) in [7, 11) is 3.20. The zero-order chi connectivity index (χ0) is 18.8. The van der Waals surface area contributed by atoms with E-state index in [0.29, 0.717) is 22.7 Å². The Balaban J connectivity index is 1.68. The van der Waals surface area contributed by atoms with E-state index in [-0.39, 0.29) is 5.95 Å². The van der Waals surface area contributed by atoms with Crippen molar-refractivity contribution in [3.63, 3.8) is 0 Å². The molecule has 134 valence electrons. The Morgan fingerprint density at radius 1 is 1.15 bits per heavy atom. The van der Waals surface area contributed by atoms with Crippen LogP contribution >= 0.6 is 22.6 Å². The van der Waals surface area contributed by atoms with Gasteiger partial charge in [0.05, 0.1) is 28.1 Å². The third-order valence-electron chi connectivity index (χ3n) is 3.92. The first-order valence-corrected chi connectivity index (χ1v) is 9.04. The second-order valence-corrected chi connectivity index (χ2v) is 6.72. The molecule has 0 atom stereocenters. The number of nitrogens with one attached hydrogen (secondary N) is 1. The summed E-state index contributed by atoms with van der Waals surface area (Å²) in [5, 5.41) is 13.3. The van der Waals surface area contributed by atoms with Gasteiger partial charge in [-0.15, -0.1) is 10.2 Å². The standard InChI is InChI=1S/C18H13IN6O2/c1-26-14-8-10(7-12(19)16(14)27-2)9-20-24-18-22-17-15(23-25-18)11-5-3-4-6-13(11)21-17/h3-9H,1-2H3/p+1. The summed E-state index contributed by atoms with van der Waals surface area (Å²) in [4.78, 5) is 11.6. The van der Waals surface area contributed by atoms with Crippen LogP contribution in [0.1, 0.15) is 5.56 Å². The van der Waals surface area contributed by atoms with Crippen LogP contribution in [0.2, 0.25) is 0 Å². The van der Waals surface area contributed by atoms with Crippen molar-refractivity contribution >= 4 is 56.8 Å². The number of benzene rings is 2. The van der Waals surface area contributed by atoms with Crippen LogP contribution in [-0.2, 0) is 0 Å². The molecule has 2 heterocycles. The lowest BCUT2D eigenvalue weighted by Crippen LogP contribution is -1.95. The quantitative estimate of drug-likeness (QED) is 0.212. The van der Waals surface area contributed by atoms with Gasteiger partial charge in [0.2, 0.25) is 0 Å². The van der Waals surface area contributed by atoms with Crippen molar-refractivity contribution in [3.8, 4) is 11.5 Å². The lowest BCUT2D eigenvalue weighted by Gasteiger charge is -2.08. The minimum absolute atomic E-state index is 0.181. The molecule has 0 saturated heterocycles. The first kappa shape index (κ1) is 17.4. The van der Waals surface area contributed by atoms with E-state index in [4.69, 9.17) is 9.47 Å². The average molecular weight is 473 g/mol. The normalized spacial score (nSPS) is 10.6. The Hall–Kier alpha value is -3.04. The zero-order valence-corrected chi connectivity index (χ0v) is 16.6. The molecule has 4 aromatic rings. The summed E-state index contributed by atoms with van der Waals surface area (Å²) in [6.45, 7) is 0. The van der Waals surface area contributed by atoms with Gasteiger partial charge < -0.3 is 14.5 Å². The lowest BCUT2D eigenvalue weighted by molar-refractivity contribution is -0.0705. The number of hydrogen-bond donors (Lipinski definition) is 1. The summed E-state index contributed by atoms with van der Waals surface area (Å²) >= 11 is 2.18. The Bertz CT molecular complexity index is 1210. The van der Waals surface area contributed by atoms with Crippen molar-refractivity contribution in [3.05, 3.63) is 45.5 Å². The number of fused-ring (bicyclic) bond motifs is 3. The van der Waals surface area contributed by atoms with Crippen LogP contribution in [0.4, 0.5) is 5.95 Å². The van der Waals surface area contributed by atoms with Gasteiger partial charge in [-0.1, -0.05) is 18.2 Å². The molecule has 0 amide bonds. The van der Waals surface area contributed by atoms with Gasteiger partial charge in [0.15, 0.2) is 22.3 Å². The van der Waals surface area contributed by atoms with Gasteiger partial charge in [-0.05, 0) is 40.8 Å². The Kier molecular flexibility index (Phi) is 4.69. The molecule has 0 radical (unpaired) electrons. The molecule has 8 nitrogen and oxygen atoms in total. The SMILES string of the molecule is COc1cc(C=[N+]=Nc2nnc3c(n2)[nH]c2ccccc23)cc(I)c1OC. The minimum Gasteiger partial charge on any atom is -0.493 e. The number of aromatic nitrogens is 4. The van der Waals surface area contributed by atoms with Crippen molar-refractivity contribution in [2.45, 2.75) is 0 Å². The number of ether oxygens (including phenoxy) is 2. The maximum absolute atomic E-state index is 5.34. The monoisotopic (exact) mass is 473 g/mol. The second kappa shape index (κ2) is 7.29. The molecular formula is C18H14IN6O2+. The lowest BCUT2D eigenvalue weighted by atomic mass is 10.2. The van der Waals surface area contributed by atoms with E-state index in [1.165, 1.54) is 0 Å². The van der Waals surface area contributed by atoms with Gasteiger partial charge >= 0.3 is 12.2 Å². The molecule has 27 heavy (non-hydrogen) atoms. The molecule has 1 N–H and O–H groups in total. The summed E-state index contributed by atoms with van der Waals surface area (Å²) in [6, 6.07) is 11.6. The summed E-state index contributed by atoms with van der Waals surface area (Å²) in [5.74, 6) is 1.49. The van der Waals surface area contributed by atoms with E-state index in [0.717, 1.165) is 20.0 Å². The van der Waals surface area contributed by atoms with E-state index in [1.807, 2.05) is 36.4 Å². The summed E-state index contributed by atoms with van der Waals surface area (Å²) in [6.07, 6.45) is 1.60. The highest BCUT2D eigenvalue weighted by Crippen LogP contribution is 2.32. The zero-order valence-electron chi connectivity index (χ0n) is 14.5. The van der Waals surface area contributed by atoms with Crippen molar-refractivity contribution in [2.24, 2.45) is 5.11 Å². The topological polar surface area (TPSA) is 99.4 Å². The molecule has 0 saturated carbocycles. The van der Waals surface area contributed by atoms with Crippen LogP contribution < -0.4 is 9.47 Å². The van der Waals surface area contributed by atoms with E-state index < -0.39 is 0 Å². The van der Waals surface area contributed by atoms with Gasteiger partial charge in [-0.25, -0.2) is 0 Å². The van der Waals surface area contributed by atoms with Crippen LogP contribution in [0, 0.1) is 3.57 Å². The number of methoxy groups -OCH3 is 2. The highest BCUT2D eigenvalue weighted by molar-refractivity contribution is 14.1. The summed E-state index contributed by atoms with van der Waals surface area (Å²) < 4.78 is 11.6. The van der Waals surface area contributed by atoms with Crippen LogP contribution in [-0.4, -0.2) is 45.4 Å². The number of hydrogen-bond acceptors (Lipinski definition) is 6. The number of H-pyrrole nitrogens is 1. The van der Waals surface area contributed by atoms with E-state index in [1.54, 1.807) is 20.4 Å². The number of aromatic amines is 1. The molecule has 9 heteroatoms. The molecule has 0 aliphatic rings. The number of rotatable bonds is 4. The van der Waals surface area contributed by atoms with Gasteiger partial charge in [-0.3, -0.25) is 0 Å². The Morgan fingerprint density at radius 2 is 2.00 bits per heavy atom. The van der Waals surface area contributed by atoms with Gasteiger partial charge in [0.25, 0.3) is 0 Å². The smallest absolute Gasteiger partial charge is 0.353 e. The predicted molar refractivity (Wildman–Crippen MR) is 109 cm³/mol. The fourth-order valence-corrected chi connectivity index (χ4v) is 3.56. The highest BCUT2D eigenvalue weighted by Gasteiger charge is 2.12. The van der Waals surface area contributed by atoms with E-state index in [2.05, 4.69) is 52.7 Å². The number of nitrogens with zero attached hydrogens (tertiary/aromatic N) is 5. The van der Waals surface area contributed by atoms with Crippen LogP contribution in [0.15, 0.2) is 41.5 Å². The first-order chi connectivity index (χ1) is 13.2. The third kappa shape index (κ3) is 3.34. The average Bonchev–Trinajstić information content (AvgIpc) is 3.05. The van der Waals surface area contributed by atoms with Crippen molar-refractivity contribution in [2.75, 3.05) is 14.2 Å². The van der Waals surface area contributed by atoms with E-state index in [9.17, 15) is 0 Å². The van der Waals surface area contributed by atoms with Gasteiger partial charge in [0.1, 0.15) is 5.52 Å². The van der Waals surface area contributed by atoms with Crippen molar-refractivity contribution < 1.29 is 14.3 Å². The largest absolute Gasteiger partial charge is 0.493 e. The number of para-hydroxylation sites is 1. The predicted octanol–water partition coefficient (Wildman–Crippen LogP) is 3.54. The molecule has 0 aliphatic heterocycles. The van der Waals surface area contributed by atoms with Gasteiger partial charge in [0, 0.05) is 10.9 Å². The Labute approximate surface area is 167 Å². The molecular weight excluding hydrogens is 459 g/mol. The molecule has 2 aromatic carbocycles. The summed E-state index contributed by atoms with van der Waals surface area (Å²) in [5.41, 5.74) is 3.11. The maximum atomic E-state index is 5.34. The first-order valence-electron chi connectivity index (χ1n) is 7.96. The molecule has 0 unspecified atom stereocenters. The van der Waals surface area contributed by atoms with Crippen LogP contribution in [0.5, 0.6) is 11.5 Å². The highest BCUT2D eigenvalue weighted by atomic mass is 127. The fraction of sp³-hybridized carbons (Fsp3) is 0.111. The van der Waals surface area contributed by atoms with Crippen molar-refractivity contribution in [1.29, 1.82) is 0 Å².